The van der Waals surface area contributed by atoms with Crippen molar-refractivity contribution < 1.29 is 9.53 Å². The fourth-order valence-electron chi connectivity index (χ4n) is 1.83. The van der Waals surface area contributed by atoms with Gasteiger partial charge in [0.05, 0.1) is 12.3 Å². The van der Waals surface area contributed by atoms with E-state index in [0.29, 0.717) is 12.3 Å². The number of carbonyl (C=O) groups is 1. The second kappa shape index (κ2) is 7.64. The molecular weight excluding hydrogens is 330 g/mol. The maximum absolute atomic E-state index is 11.7. The molecule has 0 radical (unpaired) electrons. The molecule has 0 heterocycles. The highest BCUT2D eigenvalue weighted by Gasteiger charge is 2.06. The van der Waals surface area contributed by atoms with Crippen LogP contribution in [-0.2, 0) is 9.53 Å². The number of anilines is 1. The van der Waals surface area contributed by atoms with Gasteiger partial charge in [0.1, 0.15) is 0 Å². The van der Waals surface area contributed by atoms with Crippen LogP contribution < -0.4 is 5.32 Å². The summed E-state index contributed by atoms with van der Waals surface area (Å²) in [6.07, 6.45) is 1.47. The Kier molecular flexibility index (Phi) is 5.58. The van der Waals surface area contributed by atoms with E-state index in [9.17, 15) is 4.79 Å². The number of nitrogens with one attached hydrogen (secondary N) is 1. The Hall–Kier alpha value is -2.07. The van der Waals surface area contributed by atoms with Gasteiger partial charge in [-0.2, -0.15) is 0 Å². The Morgan fingerprint density at radius 1 is 1.19 bits per heavy atom. The summed E-state index contributed by atoms with van der Waals surface area (Å²) in [6, 6.07) is 17.4. The minimum Gasteiger partial charge on any atom is -0.463 e. The number of halogens is 1. The van der Waals surface area contributed by atoms with E-state index in [2.05, 4.69) is 21.2 Å². The van der Waals surface area contributed by atoms with E-state index in [0.717, 1.165) is 15.7 Å². The van der Waals surface area contributed by atoms with Gasteiger partial charge in [0, 0.05) is 16.2 Å². The van der Waals surface area contributed by atoms with Crippen LogP contribution >= 0.6 is 15.9 Å². The summed E-state index contributed by atoms with van der Waals surface area (Å²) in [5, 5.41) is 3.26. The molecule has 0 aromatic heterocycles. The molecule has 0 fully saturated rings. The smallest absolute Gasteiger partial charge is 0.332 e. The number of carbonyl (C=O) groups excluding carboxylic acids is 1. The van der Waals surface area contributed by atoms with Crippen molar-refractivity contribution in [3.63, 3.8) is 0 Å². The highest BCUT2D eigenvalue weighted by atomic mass is 79.9. The summed E-state index contributed by atoms with van der Waals surface area (Å²) in [5.74, 6) is -0.362. The molecule has 3 nitrogen and oxygen atoms in total. The van der Waals surface area contributed by atoms with Gasteiger partial charge in [0.2, 0.25) is 0 Å². The Balaban J connectivity index is 2.30. The number of hydrogen-bond acceptors (Lipinski definition) is 3. The van der Waals surface area contributed by atoms with Crippen LogP contribution in [0.15, 0.2) is 65.1 Å². The zero-order chi connectivity index (χ0) is 15.1. The van der Waals surface area contributed by atoms with Crippen LogP contribution in [-0.4, -0.2) is 12.6 Å². The first kappa shape index (κ1) is 15.3. The van der Waals surface area contributed by atoms with Crippen molar-refractivity contribution >= 4 is 33.3 Å². The zero-order valence-electron chi connectivity index (χ0n) is 11.7. The van der Waals surface area contributed by atoms with Crippen molar-refractivity contribution in [2.24, 2.45) is 0 Å². The van der Waals surface area contributed by atoms with Crippen molar-refractivity contribution in [1.29, 1.82) is 0 Å². The first-order valence-electron chi connectivity index (χ1n) is 6.65. The Morgan fingerprint density at radius 2 is 1.95 bits per heavy atom. The van der Waals surface area contributed by atoms with Crippen molar-refractivity contribution in [2.45, 2.75) is 6.92 Å². The molecule has 0 aliphatic carbocycles. The largest absolute Gasteiger partial charge is 0.463 e. The summed E-state index contributed by atoms with van der Waals surface area (Å²) < 4.78 is 5.96. The predicted molar refractivity (Wildman–Crippen MR) is 88.8 cm³/mol. The molecule has 0 spiro atoms. The second-order valence-corrected chi connectivity index (χ2v) is 5.23. The number of hydrogen-bond donors (Lipinski definition) is 1. The normalized spacial score (nSPS) is 11.0. The highest BCUT2D eigenvalue weighted by Crippen LogP contribution is 2.21. The third-order valence-corrected chi connectivity index (χ3v) is 3.23. The van der Waals surface area contributed by atoms with Crippen molar-refractivity contribution in [3.8, 4) is 0 Å². The van der Waals surface area contributed by atoms with Crippen LogP contribution in [0, 0.1) is 0 Å². The van der Waals surface area contributed by atoms with Gasteiger partial charge < -0.3 is 10.1 Å². The van der Waals surface area contributed by atoms with Gasteiger partial charge in [-0.05, 0) is 30.7 Å². The van der Waals surface area contributed by atoms with Gasteiger partial charge in [-0.3, -0.25) is 0 Å². The molecule has 4 heteroatoms. The van der Waals surface area contributed by atoms with Gasteiger partial charge in [0.15, 0.2) is 0 Å². The lowest BCUT2D eigenvalue weighted by Gasteiger charge is -2.12. The SMILES string of the molecule is CCOC(=O)/C=C(\Nc1cccc(Br)c1)c1ccccc1. The molecular formula is C17H16BrNO2. The maximum atomic E-state index is 11.7. The molecule has 0 saturated carbocycles. The summed E-state index contributed by atoms with van der Waals surface area (Å²) in [5.41, 5.74) is 2.52. The first-order valence-corrected chi connectivity index (χ1v) is 7.45. The molecule has 1 N–H and O–H groups in total. The van der Waals surface area contributed by atoms with Gasteiger partial charge in [-0.1, -0.05) is 52.3 Å². The average molecular weight is 346 g/mol. The van der Waals surface area contributed by atoms with Crippen LogP contribution in [0.5, 0.6) is 0 Å². The Morgan fingerprint density at radius 3 is 2.62 bits per heavy atom. The standard InChI is InChI=1S/C17H16BrNO2/c1-2-21-17(20)12-16(13-7-4-3-5-8-13)19-15-10-6-9-14(18)11-15/h3-12,19H,2H2,1H3/b16-12-. The molecule has 108 valence electrons. The van der Waals surface area contributed by atoms with E-state index in [4.69, 9.17) is 4.74 Å². The second-order valence-electron chi connectivity index (χ2n) is 4.31. The number of esters is 1. The van der Waals surface area contributed by atoms with E-state index in [1.165, 1.54) is 6.08 Å². The third-order valence-electron chi connectivity index (χ3n) is 2.74. The minimum absolute atomic E-state index is 0.355. The summed E-state index contributed by atoms with van der Waals surface area (Å²) in [7, 11) is 0. The summed E-state index contributed by atoms with van der Waals surface area (Å²) in [6.45, 7) is 2.14. The number of rotatable bonds is 5. The van der Waals surface area contributed by atoms with Crippen LogP contribution in [0.2, 0.25) is 0 Å². The molecule has 0 bridgehead atoms. The number of benzene rings is 2. The van der Waals surface area contributed by atoms with Crippen LogP contribution in [0.25, 0.3) is 5.70 Å². The van der Waals surface area contributed by atoms with Gasteiger partial charge in [-0.25, -0.2) is 4.79 Å². The van der Waals surface area contributed by atoms with E-state index in [-0.39, 0.29) is 5.97 Å². The molecule has 0 amide bonds. The number of ether oxygens (including phenoxy) is 1. The van der Waals surface area contributed by atoms with Gasteiger partial charge in [0.25, 0.3) is 0 Å². The molecule has 0 atom stereocenters. The van der Waals surface area contributed by atoms with E-state index < -0.39 is 0 Å². The predicted octanol–water partition coefficient (Wildman–Crippen LogP) is 4.47. The fraction of sp³-hybridized carbons (Fsp3) is 0.118. The average Bonchev–Trinajstić information content (AvgIpc) is 2.48. The summed E-state index contributed by atoms with van der Waals surface area (Å²) in [4.78, 5) is 11.7. The molecule has 0 unspecified atom stereocenters. The van der Waals surface area contributed by atoms with E-state index in [1.807, 2.05) is 54.6 Å². The fourth-order valence-corrected chi connectivity index (χ4v) is 2.23. The third kappa shape index (κ3) is 4.76. The zero-order valence-corrected chi connectivity index (χ0v) is 13.3. The maximum Gasteiger partial charge on any atom is 0.332 e. The highest BCUT2D eigenvalue weighted by molar-refractivity contribution is 9.10. The van der Waals surface area contributed by atoms with E-state index in [1.54, 1.807) is 6.92 Å². The Labute approximate surface area is 132 Å². The van der Waals surface area contributed by atoms with Gasteiger partial charge >= 0.3 is 5.97 Å². The Bertz CT molecular complexity index is 638. The first-order chi connectivity index (χ1) is 10.2. The van der Waals surface area contributed by atoms with Crippen LogP contribution in [0.1, 0.15) is 12.5 Å². The molecule has 2 aromatic carbocycles. The molecule has 2 aromatic rings. The van der Waals surface area contributed by atoms with Crippen LogP contribution in [0.4, 0.5) is 5.69 Å². The lowest BCUT2D eigenvalue weighted by atomic mass is 10.1. The lowest BCUT2D eigenvalue weighted by molar-refractivity contribution is -0.137. The molecule has 21 heavy (non-hydrogen) atoms. The molecule has 2 rings (SSSR count). The monoisotopic (exact) mass is 345 g/mol. The quantitative estimate of drug-likeness (QED) is 0.641. The minimum atomic E-state index is -0.362. The summed E-state index contributed by atoms with van der Waals surface area (Å²) >= 11 is 3.43. The van der Waals surface area contributed by atoms with E-state index >= 15 is 0 Å². The van der Waals surface area contributed by atoms with Crippen LogP contribution in [0.3, 0.4) is 0 Å². The van der Waals surface area contributed by atoms with Crippen molar-refractivity contribution in [2.75, 3.05) is 11.9 Å². The van der Waals surface area contributed by atoms with Gasteiger partial charge in [-0.15, -0.1) is 0 Å². The lowest BCUT2D eigenvalue weighted by Crippen LogP contribution is -2.05. The topological polar surface area (TPSA) is 38.3 Å². The van der Waals surface area contributed by atoms with Crippen molar-refractivity contribution in [3.05, 3.63) is 70.7 Å². The molecule has 0 aliphatic rings. The molecule has 0 aliphatic heterocycles. The molecule has 0 saturated heterocycles. The van der Waals surface area contributed by atoms with Crippen molar-refractivity contribution in [1.82, 2.24) is 0 Å².